The molecular formula is C17H21NO4S. The van der Waals surface area contributed by atoms with Crippen molar-refractivity contribution in [2.24, 2.45) is 0 Å². The fraction of sp³-hybridized carbons (Fsp3) is 0.471. The van der Waals surface area contributed by atoms with Gasteiger partial charge in [0.1, 0.15) is 0 Å². The molecule has 2 N–H and O–H groups in total. The summed E-state index contributed by atoms with van der Waals surface area (Å²) < 4.78 is 0. The van der Waals surface area contributed by atoms with E-state index in [-0.39, 0.29) is 30.3 Å². The molecule has 0 spiro atoms. The Balaban J connectivity index is 1.67. The molecule has 0 atom stereocenters. The molecular weight excluding hydrogens is 314 g/mol. The molecule has 0 radical (unpaired) electrons. The van der Waals surface area contributed by atoms with Crippen LogP contribution in [0.25, 0.3) is 0 Å². The molecule has 0 fully saturated rings. The van der Waals surface area contributed by atoms with Crippen LogP contribution < -0.4 is 5.32 Å². The van der Waals surface area contributed by atoms with E-state index in [0.29, 0.717) is 17.9 Å². The first-order valence-corrected chi connectivity index (χ1v) is 8.93. The number of Topliss-reactive ketones (excluding diaryl/α,β-unsaturated/α-hetero) is 1. The minimum atomic E-state index is -0.860. The third-order valence-corrected chi connectivity index (χ3v) is 4.74. The molecule has 2 rings (SSSR count). The van der Waals surface area contributed by atoms with E-state index in [2.05, 4.69) is 5.32 Å². The summed E-state index contributed by atoms with van der Waals surface area (Å²) in [4.78, 5) is 34.2. The number of carbonyl (C=O) groups excluding carboxylic acids is 2. The van der Waals surface area contributed by atoms with Crippen molar-refractivity contribution < 1.29 is 19.5 Å². The summed E-state index contributed by atoms with van der Waals surface area (Å²) in [5, 5.41) is 11.2. The number of thioether (sulfide) groups is 1. The Morgan fingerprint density at radius 2 is 1.91 bits per heavy atom. The van der Waals surface area contributed by atoms with Gasteiger partial charge in [-0.05, 0) is 36.5 Å². The largest absolute Gasteiger partial charge is 0.481 e. The van der Waals surface area contributed by atoms with Gasteiger partial charge in [0, 0.05) is 30.7 Å². The smallest absolute Gasteiger partial charge is 0.313 e. The number of amides is 1. The zero-order chi connectivity index (χ0) is 16.7. The van der Waals surface area contributed by atoms with Crippen LogP contribution in [-0.2, 0) is 22.4 Å². The van der Waals surface area contributed by atoms with Crippen molar-refractivity contribution in [1.82, 2.24) is 5.32 Å². The number of hydrogen-bond acceptors (Lipinski definition) is 4. The Bertz CT molecular complexity index is 600. The van der Waals surface area contributed by atoms with Gasteiger partial charge >= 0.3 is 5.97 Å². The zero-order valence-electron chi connectivity index (χ0n) is 13.0. The van der Waals surface area contributed by atoms with Crippen molar-refractivity contribution in [1.29, 1.82) is 0 Å². The highest BCUT2D eigenvalue weighted by molar-refractivity contribution is 7.99. The van der Waals surface area contributed by atoms with Crippen LogP contribution in [0.2, 0.25) is 0 Å². The van der Waals surface area contributed by atoms with E-state index in [4.69, 9.17) is 5.11 Å². The minimum Gasteiger partial charge on any atom is -0.481 e. The van der Waals surface area contributed by atoms with Gasteiger partial charge in [-0.3, -0.25) is 14.4 Å². The van der Waals surface area contributed by atoms with Gasteiger partial charge in [-0.15, -0.1) is 11.8 Å². The molecule has 23 heavy (non-hydrogen) atoms. The van der Waals surface area contributed by atoms with E-state index in [1.165, 1.54) is 22.9 Å². The van der Waals surface area contributed by atoms with Crippen molar-refractivity contribution in [3.8, 4) is 0 Å². The van der Waals surface area contributed by atoms with Gasteiger partial charge in [-0.25, -0.2) is 0 Å². The van der Waals surface area contributed by atoms with E-state index in [1.807, 2.05) is 18.2 Å². The lowest BCUT2D eigenvalue weighted by molar-refractivity contribution is -0.133. The third-order valence-electron chi connectivity index (χ3n) is 3.79. The van der Waals surface area contributed by atoms with Crippen LogP contribution in [0, 0.1) is 0 Å². The summed E-state index contributed by atoms with van der Waals surface area (Å²) in [6.45, 7) is 0.420. The summed E-state index contributed by atoms with van der Waals surface area (Å²) in [6.07, 6.45) is 3.64. The summed E-state index contributed by atoms with van der Waals surface area (Å²) >= 11 is 1.25. The van der Waals surface area contributed by atoms with Crippen molar-refractivity contribution in [2.75, 3.05) is 18.1 Å². The number of fused-ring (bicyclic) bond motifs is 1. The Hall–Kier alpha value is -1.82. The standard InChI is InChI=1S/C17H21NO4S/c19-15(14-5-4-12-2-1-3-13(12)10-14)6-7-16(20)18-8-9-23-11-17(21)22/h4-5,10H,1-3,6-9,11H2,(H,18,20)(H,21,22). The molecule has 1 amide bonds. The second-order valence-electron chi connectivity index (χ2n) is 5.56. The molecule has 1 aliphatic carbocycles. The van der Waals surface area contributed by atoms with E-state index in [9.17, 15) is 14.4 Å². The van der Waals surface area contributed by atoms with Gasteiger partial charge in [-0.2, -0.15) is 0 Å². The topological polar surface area (TPSA) is 83.5 Å². The second kappa shape index (κ2) is 8.72. The Morgan fingerprint density at radius 3 is 2.70 bits per heavy atom. The van der Waals surface area contributed by atoms with Gasteiger partial charge in [0.05, 0.1) is 5.75 Å². The Labute approximate surface area is 139 Å². The number of carboxylic acids is 1. The lowest BCUT2D eigenvalue weighted by atomic mass is 10.0. The summed E-state index contributed by atoms with van der Waals surface area (Å²) in [5.41, 5.74) is 3.28. The molecule has 0 aliphatic heterocycles. The van der Waals surface area contributed by atoms with E-state index in [0.717, 1.165) is 19.3 Å². The monoisotopic (exact) mass is 335 g/mol. The van der Waals surface area contributed by atoms with Gasteiger partial charge in [0.2, 0.25) is 5.91 Å². The van der Waals surface area contributed by atoms with Crippen LogP contribution in [0.4, 0.5) is 0 Å². The number of aryl methyl sites for hydroxylation is 2. The fourth-order valence-electron chi connectivity index (χ4n) is 2.63. The molecule has 1 aromatic carbocycles. The number of hydrogen-bond donors (Lipinski definition) is 2. The number of ketones is 1. The highest BCUT2D eigenvalue weighted by Gasteiger charge is 2.14. The average molecular weight is 335 g/mol. The van der Waals surface area contributed by atoms with Crippen LogP contribution in [0.1, 0.15) is 40.7 Å². The highest BCUT2D eigenvalue weighted by Crippen LogP contribution is 2.23. The normalized spacial score (nSPS) is 12.7. The zero-order valence-corrected chi connectivity index (χ0v) is 13.8. The number of rotatable bonds is 9. The first-order chi connectivity index (χ1) is 11.1. The first kappa shape index (κ1) is 17.5. The predicted molar refractivity (Wildman–Crippen MR) is 90.0 cm³/mol. The van der Waals surface area contributed by atoms with Gasteiger partial charge in [-0.1, -0.05) is 12.1 Å². The van der Waals surface area contributed by atoms with Gasteiger partial charge in [0.15, 0.2) is 5.78 Å². The second-order valence-corrected chi connectivity index (χ2v) is 6.66. The summed E-state index contributed by atoms with van der Waals surface area (Å²) in [7, 11) is 0. The van der Waals surface area contributed by atoms with E-state index < -0.39 is 5.97 Å². The maximum absolute atomic E-state index is 12.2. The molecule has 0 bridgehead atoms. The van der Waals surface area contributed by atoms with Crippen LogP contribution in [0.5, 0.6) is 0 Å². The van der Waals surface area contributed by atoms with E-state index >= 15 is 0 Å². The van der Waals surface area contributed by atoms with E-state index in [1.54, 1.807) is 0 Å². The lowest BCUT2D eigenvalue weighted by Gasteiger charge is -2.06. The lowest BCUT2D eigenvalue weighted by Crippen LogP contribution is -2.26. The number of carbonyl (C=O) groups is 3. The fourth-order valence-corrected chi connectivity index (χ4v) is 3.19. The minimum absolute atomic E-state index is 0.00454. The molecule has 1 aromatic rings. The molecule has 0 saturated heterocycles. The molecule has 5 nitrogen and oxygen atoms in total. The maximum Gasteiger partial charge on any atom is 0.313 e. The van der Waals surface area contributed by atoms with Crippen molar-refractivity contribution >= 4 is 29.4 Å². The molecule has 1 aliphatic rings. The van der Waals surface area contributed by atoms with Crippen LogP contribution in [-0.4, -0.2) is 40.8 Å². The van der Waals surface area contributed by atoms with Crippen LogP contribution in [0.15, 0.2) is 18.2 Å². The Kier molecular flexibility index (Phi) is 6.65. The van der Waals surface area contributed by atoms with Crippen molar-refractivity contribution in [3.05, 3.63) is 34.9 Å². The van der Waals surface area contributed by atoms with Crippen LogP contribution in [0.3, 0.4) is 0 Å². The average Bonchev–Trinajstić information content (AvgIpc) is 2.99. The first-order valence-electron chi connectivity index (χ1n) is 7.77. The maximum atomic E-state index is 12.2. The van der Waals surface area contributed by atoms with Gasteiger partial charge in [0.25, 0.3) is 0 Å². The molecule has 124 valence electrons. The SMILES string of the molecule is O=C(O)CSCCNC(=O)CCC(=O)c1ccc2c(c1)CCC2. The third kappa shape index (κ3) is 5.71. The number of nitrogens with one attached hydrogen (secondary N) is 1. The van der Waals surface area contributed by atoms with Gasteiger partial charge < -0.3 is 10.4 Å². The predicted octanol–water partition coefficient (Wildman–Crippen LogP) is 2.07. The number of aliphatic carboxylic acids is 1. The highest BCUT2D eigenvalue weighted by atomic mass is 32.2. The number of benzene rings is 1. The summed E-state index contributed by atoms with van der Waals surface area (Å²) in [5.74, 6) is -0.449. The molecule has 0 heterocycles. The Morgan fingerprint density at radius 1 is 1.13 bits per heavy atom. The van der Waals surface area contributed by atoms with Crippen molar-refractivity contribution in [3.63, 3.8) is 0 Å². The molecule has 6 heteroatoms. The molecule has 0 unspecified atom stereocenters. The number of carboxylic acid groups (broad SMARTS) is 1. The summed E-state index contributed by atoms with van der Waals surface area (Å²) in [6, 6.07) is 5.84. The quantitative estimate of drug-likeness (QED) is 0.533. The molecule has 0 saturated carbocycles. The van der Waals surface area contributed by atoms with Crippen molar-refractivity contribution in [2.45, 2.75) is 32.1 Å². The molecule has 0 aromatic heterocycles. The van der Waals surface area contributed by atoms with Crippen LogP contribution >= 0.6 is 11.8 Å².